The maximum absolute atomic E-state index is 13.5. The van der Waals surface area contributed by atoms with Gasteiger partial charge in [-0.1, -0.05) is 26.0 Å². The molecule has 0 radical (unpaired) electrons. The molecule has 1 aromatic carbocycles. The highest BCUT2D eigenvalue weighted by Gasteiger charge is 2.25. The Morgan fingerprint density at radius 3 is 2.40 bits per heavy atom. The number of aliphatic hydroxyl groups excluding tert-OH is 1. The summed E-state index contributed by atoms with van der Waals surface area (Å²) >= 11 is 0. The molecule has 1 heterocycles. The summed E-state index contributed by atoms with van der Waals surface area (Å²) in [5.74, 6) is -2.89. The van der Waals surface area contributed by atoms with Crippen LogP contribution in [-0.2, 0) is 22.6 Å². The van der Waals surface area contributed by atoms with Crippen LogP contribution in [-0.4, -0.2) is 34.1 Å². The van der Waals surface area contributed by atoms with Crippen molar-refractivity contribution in [2.45, 2.75) is 45.4 Å². The van der Waals surface area contributed by atoms with Crippen LogP contribution in [0.25, 0.3) is 0 Å². The van der Waals surface area contributed by atoms with Crippen molar-refractivity contribution in [3.63, 3.8) is 0 Å². The van der Waals surface area contributed by atoms with E-state index in [0.717, 1.165) is 12.1 Å². The first kappa shape index (κ1) is 23.2. The van der Waals surface area contributed by atoms with Gasteiger partial charge in [-0.05, 0) is 41.7 Å². The standard InChI is InChI=1S/C21H26F2N4O3/c1-12(2)7-18(28)21(30)27-17(9-13-3-5-15(22)16(23)8-13)20(29)26-11-14-4-6-19(24)25-10-14/h3-6,8,10,12,17-18,28H,7,9,11H2,1-2H3,(H2,24,25)(H,26,29)(H,27,30)/t17-,18-/m0/s1. The van der Waals surface area contributed by atoms with Crippen LogP contribution in [0.2, 0.25) is 0 Å². The lowest BCUT2D eigenvalue weighted by molar-refractivity contribution is -0.134. The van der Waals surface area contributed by atoms with Gasteiger partial charge in [0.15, 0.2) is 11.6 Å². The van der Waals surface area contributed by atoms with Crippen molar-refractivity contribution in [1.29, 1.82) is 0 Å². The van der Waals surface area contributed by atoms with Crippen molar-refractivity contribution in [2.75, 3.05) is 5.73 Å². The number of nitrogens with one attached hydrogen (secondary N) is 2. The van der Waals surface area contributed by atoms with Gasteiger partial charge in [-0.3, -0.25) is 9.59 Å². The fourth-order valence-electron chi connectivity index (χ4n) is 2.79. The maximum atomic E-state index is 13.5. The number of aromatic nitrogens is 1. The number of aliphatic hydroxyl groups is 1. The molecule has 162 valence electrons. The van der Waals surface area contributed by atoms with Gasteiger partial charge in [0.25, 0.3) is 0 Å². The van der Waals surface area contributed by atoms with Crippen LogP contribution in [0.4, 0.5) is 14.6 Å². The van der Waals surface area contributed by atoms with E-state index >= 15 is 0 Å². The minimum Gasteiger partial charge on any atom is -0.384 e. The third-order valence-electron chi connectivity index (χ3n) is 4.37. The molecule has 2 rings (SSSR count). The highest BCUT2D eigenvalue weighted by atomic mass is 19.2. The fraction of sp³-hybridized carbons (Fsp3) is 0.381. The van der Waals surface area contributed by atoms with E-state index in [-0.39, 0.29) is 25.3 Å². The molecular weight excluding hydrogens is 394 g/mol. The number of pyridine rings is 1. The molecule has 0 aliphatic carbocycles. The minimum atomic E-state index is -1.29. The number of nitrogen functional groups attached to an aromatic ring is 1. The van der Waals surface area contributed by atoms with E-state index in [9.17, 15) is 23.5 Å². The van der Waals surface area contributed by atoms with E-state index < -0.39 is 35.6 Å². The molecular formula is C21H26F2N4O3. The highest BCUT2D eigenvalue weighted by molar-refractivity contribution is 5.89. The Morgan fingerprint density at radius 2 is 1.80 bits per heavy atom. The summed E-state index contributed by atoms with van der Waals surface area (Å²) in [4.78, 5) is 29.0. The topological polar surface area (TPSA) is 117 Å². The molecule has 7 nitrogen and oxygen atoms in total. The number of nitrogens with zero attached hydrogens (tertiary/aromatic N) is 1. The second kappa shape index (κ2) is 10.6. The lowest BCUT2D eigenvalue weighted by Crippen LogP contribution is -2.50. The van der Waals surface area contributed by atoms with Crippen molar-refractivity contribution in [1.82, 2.24) is 15.6 Å². The third-order valence-corrected chi connectivity index (χ3v) is 4.37. The summed E-state index contributed by atoms with van der Waals surface area (Å²) in [6, 6.07) is 5.44. The summed E-state index contributed by atoms with van der Waals surface area (Å²) in [7, 11) is 0. The van der Waals surface area contributed by atoms with Crippen molar-refractivity contribution in [2.24, 2.45) is 5.92 Å². The molecule has 0 spiro atoms. The summed E-state index contributed by atoms with van der Waals surface area (Å²) in [6.45, 7) is 3.83. The second-order valence-corrected chi connectivity index (χ2v) is 7.47. The molecule has 2 aromatic rings. The number of halogens is 2. The molecule has 0 saturated heterocycles. The SMILES string of the molecule is CC(C)C[C@H](O)C(=O)N[C@@H](Cc1ccc(F)c(F)c1)C(=O)NCc1ccc(N)nc1. The van der Waals surface area contributed by atoms with Gasteiger partial charge in [-0.2, -0.15) is 0 Å². The number of carbonyl (C=O) groups excluding carboxylic acids is 2. The molecule has 0 aliphatic rings. The van der Waals surface area contributed by atoms with Gasteiger partial charge in [0, 0.05) is 19.2 Å². The Bertz CT molecular complexity index is 875. The van der Waals surface area contributed by atoms with E-state index in [4.69, 9.17) is 5.73 Å². The number of benzene rings is 1. The predicted octanol–water partition coefficient (Wildman–Crippen LogP) is 1.69. The molecule has 2 atom stereocenters. The zero-order chi connectivity index (χ0) is 22.3. The van der Waals surface area contributed by atoms with Crippen LogP contribution in [0.15, 0.2) is 36.5 Å². The number of hydrogen-bond acceptors (Lipinski definition) is 5. The molecule has 0 aliphatic heterocycles. The zero-order valence-corrected chi connectivity index (χ0v) is 16.9. The van der Waals surface area contributed by atoms with Gasteiger partial charge in [0.05, 0.1) is 0 Å². The molecule has 2 amide bonds. The summed E-state index contributed by atoms with van der Waals surface area (Å²) < 4.78 is 26.7. The molecule has 1 aromatic heterocycles. The highest BCUT2D eigenvalue weighted by Crippen LogP contribution is 2.12. The van der Waals surface area contributed by atoms with Crippen molar-refractivity contribution >= 4 is 17.6 Å². The largest absolute Gasteiger partial charge is 0.384 e. The van der Waals surface area contributed by atoms with Gasteiger partial charge in [-0.15, -0.1) is 0 Å². The first-order valence-electron chi connectivity index (χ1n) is 9.56. The summed E-state index contributed by atoms with van der Waals surface area (Å²) in [6.07, 6.45) is 0.364. The Hall–Kier alpha value is -3.07. The number of rotatable bonds is 9. The Labute approximate surface area is 173 Å². The average Bonchev–Trinajstić information content (AvgIpc) is 2.69. The van der Waals surface area contributed by atoms with E-state index in [1.165, 1.54) is 12.3 Å². The van der Waals surface area contributed by atoms with Crippen LogP contribution in [0.1, 0.15) is 31.4 Å². The summed E-state index contributed by atoms with van der Waals surface area (Å²) in [5, 5.41) is 15.2. The predicted molar refractivity (Wildman–Crippen MR) is 108 cm³/mol. The molecule has 0 fully saturated rings. The zero-order valence-electron chi connectivity index (χ0n) is 16.9. The quantitative estimate of drug-likeness (QED) is 0.493. The lowest BCUT2D eigenvalue weighted by atomic mass is 10.0. The smallest absolute Gasteiger partial charge is 0.249 e. The monoisotopic (exact) mass is 420 g/mol. The van der Waals surface area contributed by atoms with Gasteiger partial charge in [-0.25, -0.2) is 13.8 Å². The van der Waals surface area contributed by atoms with E-state index in [1.807, 2.05) is 13.8 Å². The van der Waals surface area contributed by atoms with Gasteiger partial charge < -0.3 is 21.5 Å². The third kappa shape index (κ3) is 7.07. The van der Waals surface area contributed by atoms with E-state index in [1.54, 1.807) is 12.1 Å². The van der Waals surface area contributed by atoms with Crippen molar-refractivity contribution < 1.29 is 23.5 Å². The average molecular weight is 420 g/mol. The molecule has 0 unspecified atom stereocenters. The number of carbonyl (C=O) groups is 2. The van der Waals surface area contributed by atoms with Gasteiger partial charge >= 0.3 is 0 Å². The normalized spacial score (nSPS) is 13.0. The molecule has 0 bridgehead atoms. The van der Waals surface area contributed by atoms with Crippen LogP contribution >= 0.6 is 0 Å². The first-order valence-corrected chi connectivity index (χ1v) is 9.56. The molecule has 5 N–H and O–H groups in total. The molecule has 30 heavy (non-hydrogen) atoms. The molecule has 0 saturated carbocycles. The van der Waals surface area contributed by atoms with Crippen LogP contribution < -0.4 is 16.4 Å². The van der Waals surface area contributed by atoms with Crippen LogP contribution in [0.3, 0.4) is 0 Å². The summed E-state index contributed by atoms with van der Waals surface area (Å²) in [5.41, 5.74) is 6.54. The first-order chi connectivity index (χ1) is 14.2. The second-order valence-electron chi connectivity index (χ2n) is 7.47. The van der Waals surface area contributed by atoms with Crippen LogP contribution in [0, 0.1) is 17.6 Å². The van der Waals surface area contributed by atoms with Crippen molar-refractivity contribution in [3.05, 3.63) is 59.3 Å². The molecule has 9 heteroatoms. The number of amides is 2. The Morgan fingerprint density at radius 1 is 1.10 bits per heavy atom. The Balaban J connectivity index is 2.11. The minimum absolute atomic E-state index is 0.0715. The number of hydrogen-bond donors (Lipinski definition) is 4. The van der Waals surface area contributed by atoms with E-state index in [2.05, 4.69) is 15.6 Å². The number of anilines is 1. The van der Waals surface area contributed by atoms with E-state index in [0.29, 0.717) is 16.9 Å². The lowest BCUT2D eigenvalue weighted by Gasteiger charge is -2.21. The van der Waals surface area contributed by atoms with Gasteiger partial charge in [0.1, 0.15) is 18.0 Å². The number of nitrogens with two attached hydrogens (primary N) is 1. The van der Waals surface area contributed by atoms with Gasteiger partial charge in [0.2, 0.25) is 11.8 Å². The Kier molecular flexibility index (Phi) is 8.23. The van der Waals surface area contributed by atoms with Crippen LogP contribution in [0.5, 0.6) is 0 Å². The maximum Gasteiger partial charge on any atom is 0.249 e. The van der Waals surface area contributed by atoms with Crippen molar-refractivity contribution in [3.8, 4) is 0 Å². The fourth-order valence-corrected chi connectivity index (χ4v) is 2.79.